The Morgan fingerprint density at radius 1 is 1.56 bits per heavy atom. The van der Waals surface area contributed by atoms with Crippen molar-refractivity contribution in [3.8, 4) is 5.88 Å². The third-order valence-electron chi connectivity index (χ3n) is 2.05. The monoisotopic (exact) mass is 257 g/mol. The minimum atomic E-state index is -0.593. The number of hydrogen-bond donors (Lipinski definition) is 2. The van der Waals surface area contributed by atoms with Crippen LogP contribution in [0.1, 0.15) is 12.6 Å². The maximum Gasteiger partial charge on any atom is 0.352 e. The molecule has 0 fully saturated rings. The van der Waals surface area contributed by atoms with E-state index in [1.807, 2.05) is 0 Å². The van der Waals surface area contributed by atoms with Gasteiger partial charge < -0.3 is 9.47 Å². The number of nitrogens with zero attached hydrogens (tertiary/aromatic N) is 3. The number of ether oxygens (including phenoxy) is 2. The Kier molecular flexibility index (Phi) is 4.75. The number of nitrogens with two attached hydrogens (primary N) is 1. The van der Waals surface area contributed by atoms with Gasteiger partial charge in [0.25, 0.3) is 5.88 Å². The summed E-state index contributed by atoms with van der Waals surface area (Å²) in [7, 11) is 1.51. The van der Waals surface area contributed by atoms with Crippen LogP contribution in [0.3, 0.4) is 0 Å². The van der Waals surface area contributed by atoms with Crippen LogP contribution in [0.4, 0.5) is 11.6 Å². The zero-order chi connectivity index (χ0) is 13.7. The number of rotatable bonds is 6. The molecule has 100 valence electrons. The second kappa shape index (κ2) is 6.07. The van der Waals surface area contributed by atoms with Crippen molar-refractivity contribution < 1.29 is 14.4 Å². The molecule has 1 heterocycles. The summed E-state index contributed by atoms with van der Waals surface area (Å²) in [5.41, 5.74) is 2.11. The minimum Gasteiger partial charge on any atom is -0.467 e. The average Bonchev–Trinajstić information content (AvgIpc) is 2.27. The molecular formula is C9H15N5O4. The fraction of sp³-hybridized carbons (Fsp3) is 0.556. The maximum atomic E-state index is 10.9. The highest BCUT2D eigenvalue weighted by molar-refractivity contribution is 5.48. The Hall–Kier alpha value is -2.00. The van der Waals surface area contributed by atoms with Gasteiger partial charge >= 0.3 is 5.69 Å². The molecule has 1 unspecified atom stereocenters. The van der Waals surface area contributed by atoms with Crippen LogP contribution in [0.5, 0.6) is 5.88 Å². The number of nitro groups is 1. The van der Waals surface area contributed by atoms with Gasteiger partial charge in [-0.3, -0.25) is 15.5 Å². The molecule has 1 aromatic heterocycles. The van der Waals surface area contributed by atoms with Crippen LogP contribution in [0.15, 0.2) is 0 Å². The minimum absolute atomic E-state index is 0.0534. The summed E-state index contributed by atoms with van der Waals surface area (Å²) in [5, 5.41) is 10.9. The summed E-state index contributed by atoms with van der Waals surface area (Å²) >= 11 is 0. The van der Waals surface area contributed by atoms with E-state index in [4.69, 9.17) is 15.3 Å². The fourth-order valence-electron chi connectivity index (χ4n) is 1.36. The molecule has 0 saturated heterocycles. The SMILES string of the molecule is COCC(C)Oc1nc(NN)nc(C)c1[N+](=O)[O-]. The third-order valence-corrected chi connectivity index (χ3v) is 2.05. The maximum absolute atomic E-state index is 10.9. The number of hydrazine groups is 1. The third kappa shape index (κ3) is 3.25. The fourth-order valence-corrected chi connectivity index (χ4v) is 1.36. The van der Waals surface area contributed by atoms with E-state index in [-0.39, 0.29) is 35.9 Å². The van der Waals surface area contributed by atoms with E-state index in [0.717, 1.165) is 0 Å². The lowest BCUT2D eigenvalue weighted by molar-refractivity contribution is -0.387. The molecule has 9 heteroatoms. The quantitative estimate of drug-likeness (QED) is 0.426. The molecule has 0 aromatic carbocycles. The largest absolute Gasteiger partial charge is 0.467 e. The van der Waals surface area contributed by atoms with E-state index >= 15 is 0 Å². The van der Waals surface area contributed by atoms with E-state index in [2.05, 4.69) is 15.4 Å². The molecule has 0 amide bonds. The van der Waals surface area contributed by atoms with Gasteiger partial charge in [-0.15, -0.1) is 0 Å². The van der Waals surface area contributed by atoms with Crippen LogP contribution in [0.25, 0.3) is 0 Å². The standard InChI is InChI=1S/C9H15N5O4/c1-5(4-17-3)18-8-7(14(15)16)6(2)11-9(12-8)13-10/h5H,4,10H2,1-3H3,(H,11,12,13). The Morgan fingerprint density at radius 2 is 2.22 bits per heavy atom. The number of nitrogen functional groups attached to an aromatic ring is 1. The van der Waals surface area contributed by atoms with Crippen molar-refractivity contribution in [2.45, 2.75) is 20.0 Å². The van der Waals surface area contributed by atoms with Crippen LogP contribution < -0.4 is 16.0 Å². The first-order valence-corrected chi connectivity index (χ1v) is 5.14. The van der Waals surface area contributed by atoms with Crippen LogP contribution in [-0.4, -0.2) is 34.7 Å². The topological polar surface area (TPSA) is 125 Å². The Balaban J connectivity index is 3.13. The zero-order valence-corrected chi connectivity index (χ0v) is 10.3. The lowest BCUT2D eigenvalue weighted by Crippen LogP contribution is -2.21. The van der Waals surface area contributed by atoms with Crippen molar-refractivity contribution in [3.05, 3.63) is 15.8 Å². The van der Waals surface area contributed by atoms with Gasteiger partial charge in [-0.25, -0.2) is 10.8 Å². The summed E-state index contributed by atoms with van der Waals surface area (Å²) in [6.45, 7) is 3.47. The highest BCUT2D eigenvalue weighted by atomic mass is 16.6. The van der Waals surface area contributed by atoms with Gasteiger partial charge in [0.05, 0.1) is 11.5 Å². The van der Waals surface area contributed by atoms with Crippen LogP contribution >= 0.6 is 0 Å². The smallest absolute Gasteiger partial charge is 0.352 e. The van der Waals surface area contributed by atoms with Gasteiger partial charge in [0, 0.05) is 7.11 Å². The zero-order valence-electron chi connectivity index (χ0n) is 10.3. The highest BCUT2D eigenvalue weighted by Crippen LogP contribution is 2.29. The summed E-state index contributed by atoms with van der Waals surface area (Å²) in [4.78, 5) is 18.0. The second-order valence-corrected chi connectivity index (χ2v) is 3.57. The van der Waals surface area contributed by atoms with Crippen molar-refractivity contribution >= 4 is 11.6 Å². The first-order valence-electron chi connectivity index (χ1n) is 5.14. The average molecular weight is 257 g/mol. The van der Waals surface area contributed by atoms with Crippen molar-refractivity contribution in [1.82, 2.24) is 9.97 Å². The van der Waals surface area contributed by atoms with Crippen LogP contribution in [-0.2, 0) is 4.74 Å². The van der Waals surface area contributed by atoms with Gasteiger partial charge in [0.15, 0.2) is 0 Å². The van der Waals surface area contributed by atoms with E-state index in [9.17, 15) is 10.1 Å². The highest BCUT2D eigenvalue weighted by Gasteiger charge is 2.24. The first-order chi connectivity index (χ1) is 8.49. The van der Waals surface area contributed by atoms with Gasteiger partial charge in [-0.2, -0.15) is 4.98 Å². The number of anilines is 1. The summed E-state index contributed by atoms with van der Waals surface area (Å²) in [6, 6.07) is 0. The molecule has 0 radical (unpaired) electrons. The van der Waals surface area contributed by atoms with E-state index in [1.54, 1.807) is 6.92 Å². The van der Waals surface area contributed by atoms with Gasteiger partial charge in [-0.05, 0) is 13.8 Å². The first kappa shape index (κ1) is 14.1. The van der Waals surface area contributed by atoms with Crippen molar-refractivity contribution in [2.75, 3.05) is 19.1 Å². The lowest BCUT2D eigenvalue weighted by Gasteiger charge is -2.13. The lowest BCUT2D eigenvalue weighted by atomic mass is 10.3. The molecular weight excluding hydrogens is 242 g/mol. The molecule has 3 N–H and O–H groups in total. The molecule has 0 aliphatic carbocycles. The van der Waals surface area contributed by atoms with Crippen molar-refractivity contribution in [3.63, 3.8) is 0 Å². The Morgan fingerprint density at radius 3 is 2.72 bits per heavy atom. The molecule has 18 heavy (non-hydrogen) atoms. The Labute approximate surface area is 103 Å². The number of methoxy groups -OCH3 is 1. The number of hydrogen-bond acceptors (Lipinski definition) is 8. The molecule has 9 nitrogen and oxygen atoms in total. The Bertz CT molecular complexity index is 439. The summed E-state index contributed by atoms with van der Waals surface area (Å²) < 4.78 is 10.2. The molecule has 0 aliphatic rings. The van der Waals surface area contributed by atoms with E-state index < -0.39 is 4.92 Å². The van der Waals surface area contributed by atoms with Gasteiger partial charge in [0.2, 0.25) is 5.95 Å². The van der Waals surface area contributed by atoms with Crippen LogP contribution in [0, 0.1) is 17.0 Å². The van der Waals surface area contributed by atoms with Crippen LogP contribution in [0.2, 0.25) is 0 Å². The second-order valence-electron chi connectivity index (χ2n) is 3.57. The van der Waals surface area contributed by atoms with Gasteiger partial charge in [-0.1, -0.05) is 0 Å². The molecule has 1 aromatic rings. The predicted molar refractivity (Wildman–Crippen MR) is 63.2 cm³/mol. The molecule has 0 spiro atoms. The summed E-state index contributed by atoms with van der Waals surface area (Å²) in [5.74, 6) is 5.10. The van der Waals surface area contributed by atoms with Gasteiger partial charge in [0.1, 0.15) is 11.8 Å². The van der Waals surface area contributed by atoms with Crippen molar-refractivity contribution in [2.24, 2.45) is 5.84 Å². The van der Waals surface area contributed by atoms with E-state index in [1.165, 1.54) is 14.0 Å². The van der Waals surface area contributed by atoms with E-state index in [0.29, 0.717) is 0 Å². The molecule has 0 bridgehead atoms. The number of nitrogens with one attached hydrogen (secondary N) is 1. The normalized spacial score (nSPS) is 12.0. The molecule has 0 saturated carbocycles. The number of aromatic nitrogens is 2. The molecule has 1 rings (SSSR count). The summed E-state index contributed by atoms with van der Waals surface area (Å²) in [6.07, 6.45) is -0.381. The molecule has 1 atom stereocenters. The molecule has 0 aliphatic heterocycles. The van der Waals surface area contributed by atoms with Crippen molar-refractivity contribution in [1.29, 1.82) is 0 Å². The number of aryl methyl sites for hydroxylation is 1. The predicted octanol–water partition coefficient (Wildman–Crippen LogP) is 0.393.